The molecule has 0 aliphatic rings. The summed E-state index contributed by atoms with van der Waals surface area (Å²) in [7, 11) is 0. The number of hydrogen-bond donors (Lipinski definition) is 3. The molecule has 0 bridgehead atoms. The van der Waals surface area contributed by atoms with Crippen molar-refractivity contribution in [2.75, 3.05) is 0 Å². The molecule has 132 valence electrons. The molecular formula is C19H16N2O3S2. The van der Waals surface area contributed by atoms with E-state index in [4.69, 9.17) is 0 Å². The smallest absolute Gasteiger partial charge is 0.273 e. The number of phenols is 1. The number of aromatic hydroxyl groups is 1. The molecule has 2 amide bonds. The number of amides is 2. The highest BCUT2D eigenvalue weighted by Gasteiger charge is 2.14. The molecule has 3 rings (SSSR count). The third kappa shape index (κ3) is 4.44. The topological polar surface area (TPSA) is 78.4 Å². The van der Waals surface area contributed by atoms with Crippen molar-refractivity contribution in [1.82, 2.24) is 10.9 Å². The third-order valence-corrected chi connectivity index (χ3v) is 5.70. The lowest BCUT2D eigenvalue weighted by atomic mass is 10.2. The van der Waals surface area contributed by atoms with E-state index >= 15 is 0 Å². The molecule has 0 unspecified atom stereocenters. The highest BCUT2D eigenvalue weighted by atomic mass is 32.2. The largest absolute Gasteiger partial charge is 0.507 e. The van der Waals surface area contributed by atoms with E-state index in [1.165, 1.54) is 17.0 Å². The zero-order valence-corrected chi connectivity index (χ0v) is 15.3. The van der Waals surface area contributed by atoms with Gasteiger partial charge in [0.05, 0.1) is 11.1 Å². The molecule has 0 saturated carbocycles. The first-order chi connectivity index (χ1) is 12.6. The van der Waals surface area contributed by atoms with Crippen molar-refractivity contribution in [2.24, 2.45) is 0 Å². The summed E-state index contributed by atoms with van der Waals surface area (Å²) in [5.74, 6) is -0.374. The molecule has 0 aliphatic heterocycles. The highest BCUT2D eigenvalue weighted by Crippen LogP contribution is 2.27. The van der Waals surface area contributed by atoms with Gasteiger partial charge in [-0.15, -0.1) is 23.1 Å². The quantitative estimate of drug-likeness (QED) is 0.462. The maximum absolute atomic E-state index is 12.4. The minimum atomic E-state index is -0.583. The molecule has 0 radical (unpaired) electrons. The number of carbonyl (C=O) groups is 2. The van der Waals surface area contributed by atoms with Gasteiger partial charge in [-0.05, 0) is 35.7 Å². The number of para-hydroxylation sites is 1. The summed E-state index contributed by atoms with van der Waals surface area (Å²) in [6, 6.07) is 17.4. The predicted molar refractivity (Wildman–Crippen MR) is 103 cm³/mol. The minimum Gasteiger partial charge on any atom is -0.507 e. The number of thioether (sulfide) groups is 1. The number of rotatable bonds is 5. The lowest BCUT2D eigenvalue weighted by Crippen LogP contribution is -2.41. The Labute approximate surface area is 159 Å². The van der Waals surface area contributed by atoms with E-state index in [2.05, 4.69) is 10.9 Å². The van der Waals surface area contributed by atoms with Crippen LogP contribution in [-0.2, 0) is 5.75 Å². The third-order valence-electron chi connectivity index (χ3n) is 3.52. The van der Waals surface area contributed by atoms with Crippen LogP contribution in [-0.4, -0.2) is 16.9 Å². The van der Waals surface area contributed by atoms with Gasteiger partial charge >= 0.3 is 0 Å². The van der Waals surface area contributed by atoms with Crippen LogP contribution in [0, 0.1) is 0 Å². The predicted octanol–water partition coefficient (Wildman–Crippen LogP) is 3.82. The second kappa shape index (κ2) is 8.55. The van der Waals surface area contributed by atoms with Gasteiger partial charge in [0.15, 0.2) is 0 Å². The van der Waals surface area contributed by atoms with Crippen LogP contribution in [0.2, 0.25) is 0 Å². The van der Waals surface area contributed by atoms with Crippen LogP contribution in [0.3, 0.4) is 0 Å². The monoisotopic (exact) mass is 384 g/mol. The van der Waals surface area contributed by atoms with Crippen molar-refractivity contribution in [3.05, 3.63) is 82.0 Å². The summed E-state index contributed by atoms with van der Waals surface area (Å²) in [6.45, 7) is 0. The molecule has 3 aromatic rings. The molecule has 0 fully saturated rings. The van der Waals surface area contributed by atoms with Gasteiger partial charge in [-0.1, -0.05) is 30.3 Å². The Morgan fingerprint density at radius 2 is 1.54 bits per heavy atom. The lowest BCUT2D eigenvalue weighted by molar-refractivity contribution is 0.0843. The summed E-state index contributed by atoms with van der Waals surface area (Å²) in [6.07, 6.45) is 0. The number of carbonyl (C=O) groups excluding carboxylic acids is 2. The van der Waals surface area contributed by atoms with Crippen LogP contribution in [0.15, 0.2) is 70.9 Å². The number of nitrogens with one attached hydrogen (secondary N) is 2. The first-order valence-electron chi connectivity index (χ1n) is 7.78. The number of phenolic OH excluding ortho intramolecular Hbond substituents is 1. The number of hydrogen-bond acceptors (Lipinski definition) is 5. The Morgan fingerprint density at radius 1 is 0.885 bits per heavy atom. The highest BCUT2D eigenvalue weighted by molar-refractivity contribution is 7.98. The maximum Gasteiger partial charge on any atom is 0.273 e. The standard InChI is InChI=1S/C19H16N2O3S2/c22-16-9-3-1-7-14(16)18(23)20-21-19(24)15-8-2-4-10-17(15)26-12-13-6-5-11-25-13/h1-11,22H,12H2,(H,20,23)(H,21,24). The Morgan fingerprint density at radius 3 is 2.23 bits per heavy atom. The fraction of sp³-hybridized carbons (Fsp3) is 0.0526. The Hall–Kier alpha value is -2.77. The Balaban J connectivity index is 1.64. The van der Waals surface area contributed by atoms with Crippen molar-refractivity contribution >= 4 is 34.9 Å². The van der Waals surface area contributed by atoms with Crippen LogP contribution in [0.1, 0.15) is 25.6 Å². The molecule has 26 heavy (non-hydrogen) atoms. The lowest BCUT2D eigenvalue weighted by Gasteiger charge is -2.11. The van der Waals surface area contributed by atoms with Crippen LogP contribution >= 0.6 is 23.1 Å². The molecule has 7 heteroatoms. The molecule has 1 heterocycles. The maximum atomic E-state index is 12.4. The van der Waals surface area contributed by atoms with Crippen molar-refractivity contribution < 1.29 is 14.7 Å². The van der Waals surface area contributed by atoms with Crippen molar-refractivity contribution in [3.8, 4) is 5.75 Å². The van der Waals surface area contributed by atoms with Gasteiger partial charge in [-0.2, -0.15) is 0 Å². The van der Waals surface area contributed by atoms with Crippen LogP contribution in [0.5, 0.6) is 5.75 Å². The van der Waals surface area contributed by atoms with Gasteiger partial charge in [-0.3, -0.25) is 20.4 Å². The molecule has 5 nitrogen and oxygen atoms in total. The van der Waals surface area contributed by atoms with Crippen molar-refractivity contribution in [3.63, 3.8) is 0 Å². The Bertz CT molecular complexity index is 911. The van der Waals surface area contributed by atoms with Crippen molar-refractivity contribution in [2.45, 2.75) is 10.6 Å². The summed E-state index contributed by atoms with van der Waals surface area (Å²) in [4.78, 5) is 26.6. The summed E-state index contributed by atoms with van der Waals surface area (Å²) in [5.41, 5.74) is 5.30. The van der Waals surface area contributed by atoms with Gasteiger partial charge in [0.1, 0.15) is 5.75 Å². The molecule has 1 aromatic heterocycles. The van der Waals surface area contributed by atoms with E-state index in [1.54, 1.807) is 47.4 Å². The van der Waals surface area contributed by atoms with E-state index < -0.39 is 11.8 Å². The average molecular weight is 384 g/mol. The SMILES string of the molecule is O=C(NNC(=O)c1ccccc1SCc1cccs1)c1ccccc1O. The first kappa shape index (κ1) is 18.0. The van der Waals surface area contributed by atoms with Gasteiger partial charge in [0.2, 0.25) is 0 Å². The number of hydrazine groups is 1. The van der Waals surface area contributed by atoms with E-state index in [0.29, 0.717) is 5.56 Å². The van der Waals surface area contributed by atoms with Gasteiger partial charge in [0.25, 0.3) is 11.8 Å². The van der Waals surface area contributed by atoms with E-state index in [0.717, 1.165) is 10.6 Å². The van der Waals surface area contributed by atoms with E-state index in [9.17, 15) is 14.7 Å². The minimum absolute atomic E-state index is 0.0909. The van der Waals surface area contributed by atoms with Crippen LogP contribution < -0.4 is 10.9 Å². The van der Waals surface area contributed by atoms with E-state index in [1.807, 2.05) is 29.6 Å². The molecule has 0 saturated heterocycles. The van der Waals surface area contributed by atoms with E-state index in [-0.39, 0.29) is 11.3 Å². The summed E-state index contributed by atoms with van der Waals surface area (Å²) in [5, 5.41) is 11.7. The normalized spacial score (nSPS) is 10.3. The zero-order chi connectivity index (χ0) is 18.4. The molecule has 3 N–H and O–H groups in total. The van der Waals surface area contributed by atoms with Gasteiger partial charge in [0, 0.05) is 15.5 Å². The molecular weight excluding hydrogens is 368 g/mol. The Kier molecular flexibility index (Phi) is 5.93. The van der Waals surface area contributed by atoms with Gasteiger partial charge in [-0.25, -0.2) is 0 Å². The van der Waals surface area contributed by atoms with Gasteiger partial charge < -0.3 is 5.11 Å². The van der Waals surface area contributed by atoms with Crippen LogP contribution in [0.4, 0.5) is 0 Å². The summed E-state index contributed by atoms with van der Waals surface area (Å²) >= 11 is 3.23. The number of benzene rings is 2. The first-order valence-corrected chi connectivity index (χ1v) is 9.64. The van der Waals surface area contributed by atoms with Crippen molar-refractivity contribution in [1.29, 1.82) is 0 Å². The second-order valence-electron chi connectivity index (χ2n) is 5.29. The molecule has 0 atom stereocenters. The summed E-state index contributed by atoms with van der Waals surface area (Å²) < 4.78 is 0. The average Bonchev–Trinajstić information content (AvgIpc) is 3.18. The molecule has 0 spiro atoms. The zero-order valence-electron chi connectivity index (χ0n) is 13.6. The van der Waals surface area contributed by atoms with Crippen LogP contribution in [0.25, 0.3) is 0 Å². The fourth-order valence-corrected chi connectivity index (χ4v) is 4.06. The molecule has 2 aromatic carbocycles. The second-order valence-corrected chi connectivity index (χ2v) is 7.34. The number of thiophene rings is 1. The molecule has 0 aliphatic carbocycles. The fourth-order valence-electron chi connectivity index (χ4n) is 2.24.